The number of aliphatic imine (C=N–C) groups is 1. The summed E-state index contributed by atoms with van der Waals surface area (Å²) >= 11 is 0. The third-order valence-electron chi connectivity index (χ3n) is 5.75. The lowest BCUT2D eigenvalue weighted by molar-refractivity contribution is -0.141. The van der Waals surface area contributed by atoms with Gasteiger partial charge in [-0.05, 0) is 12.1 Å². The number of guanidine groups is 1. The van der Waals surface area contributed by atoms with Crippen LogP contribution in [0.4, 0.5) is 14.9 Å². The van der Waals surface area contributed by atoms with Gasteiger partial charge in [-0.1, -0.05) is 12.1 Å². The molecule has 3 aliphatic rings. The Morgan fingerprint density at radius 1 is 1.13 bits per heavy atom. The van der Waals surface area contributed by atoms with Gasteiger partial charge in [0.15, 0.2) is 18.2 Å². The number of halogens is 1. The molecule has 30 heavy (non-hydrogen) atoms. The van der Waals surface area contributed by atoms with Crippen molar-refractivity contribution in [2.24, 2.45) is 4.99 Å². The number of rotatable bonds is 3. The molecular formula is C19H23FN6O4. The van der Waals surface area contributed by atoms with E-state index in [1.807, 2.05) is 9.80 Å². The number of hydrogen-bond acceptors (Lipinski definition) is 7. The van der Waals surface area contributed by atoms with E-state index in [4.69, 9.17) is 0 Å². The number of carboxylic acid groups (broad SMARTS) is 1. The first-order valence-electron chi connectivity index (χ1n) is 9.64. The molecule has 3 aliphatic heterocycles. The molecule has 0 aromatic heterocycles. The molecule has 0 bridgehead atoms. The molecule has 11 heteroatoms. The van der Waals surface area contributed by atoms with E-state index in [2.05, 4.69) is 4.99 Å². The molecule has 2 unspecified atom stereocenters. The Bertz CT molecular complexity index is 916. The zero-order chi connectivity index (χ0) is 21.6. The number of urea groups is 1. The lowest BCUT2D eigenvalue weighted by Gasteiger charge is -2.41. The van der Waals surface area contributed by atoms with Gasteiger partial charge in [0.25, 0.3) is 5.91 Å². The first kappa shape index (κ1) is 19.9. The average Bonchev–Trinajstić information content (AvgIpc) is 3.10. The summed E-state index contributed by atoms with van der Waals surface area (Å²) in [4.78, 5) is 48.7. The summed E-state index contributed by atoms with van der Waals surface area (Å²) in [7, 11) is 2.92. The van der Waals surface area contributed by atoms with Crippen molar-refractivity contribution in [3.63, 3.8) is 0 Å². The number of nitrogens with zero attached hydrogens (tertiary/aromatic N) is 6. The number of benzene rings is 1. The van der Waals surface area contributed by atoms with Gasteiger partial charge in [-0.15, -0.1) is 0 Å². The fourth-order valence-corrected chi connectivity index (χ4v) is 4.18. The highest BCUT2D eigenvalue weighted by molar-refractivity contribution is 6.04. The molecule has 3 heterocycles. The van der Waals surface area contributed by atoms with Gasteiger partial charge in [-0.3, -0.25) is 14.5 Å². The summed E-state index contributed by atoms with van der Waals surface area (Å²) in [6.45, 7) is 1.57. The maximum absolute atomic E-state index is 14.1. The summed E-state index contributed by atoms with van der Waals surface area (Å²) in [5.74, 6) is -1.49. The van der Waals surface area contributed by atoms with E-state index < -0.39 is 36.7 Å². The van der Waals surface area contributed by atoms with Crippen LogP contribution in [0.15, 0.2) is 29.3 Å². The highest BCUT2D eigenvalue weighted by Gasteiger charge is 2.52. The topological polar surface area (TPSA) is 100 Å². The van der Waals surface area contributed by atoms with E-state index >= 15 is 0 Å². The van der Waals surface area contributed by atoms with Crippen LogP contribution in [-0.4, -0.2) is 108 Å². The summed E-state index contributed by atoms with van der Waals surface area (Å²) in [5, 5.41) is 9.40. The number of amides is 3. The molecule has 4 rings (SSSR count). The third kappa shape index (κ3) is 3.19. The van der Waals surface area contributed by atoms with Gasteiger partial charge in [0.2, 0.25) is 0 Å². The molecule has 2 atom stereocenters. The van der Waals surface area contributed by atoms with Crippen LogP contribution in [0.3, 0.4) is 0 Å². The van der Waals surface area contributed by atoms with Gasteiger partial charge in [0, 0.05) is 40.3 Å². The minimum atomic E-state index is -1.09. The second kappa shape index (κ2) is 7.47. The van der Waals surface area contributed by atoms with Gasteiger partial charge in [0.1, 0.15) is 12.4 Å². The SMILES string of the molecule is CN1C(=O)C2C(N=C(N3CCN(c4ccccc4F)CC3)N2CC(=O)O)N(C)C1=O. The van der Waals surface area contributed by atoms with E-state index in [-0.39, 0.29) is 5.82 Å². The highest BCUT2D eigenvalue weighted by Crippen LogP contribution is 2.29. The lowest BCUT2D eigenvalue weighted by Crippen LogP contribution is -2.65. The maximum atomic E-state index is 14.1. The molecule has 160 valence electrons. The van der Waals surface area contributed by atoms with Crippen LogP contribution in [-0.2, 0) is 9.59 Å². The maximum Gasteiger partial charge on any atom is 0.328 e. The number of fused-ring (bicyclic) bond motifs is 1. The molecule has 0 radical (unpaired) electrons. The normalized spacial score (nSPS) is 24.4. The zero-order valence-corrected chi connectivity index (χ0v) is 16.7. The molecule has 0 spiro atoms. The second-order valence-corrected chi connectivity index (χ2v) is 7.53. The minimum Gasteiger partial charge on any atom is -0.480 e. The van der Waals surface area contributed by atoms with Crippen LogP contribution in [0.5, 0.6) is 0 Å². The number of carboxylic acids is 1. The van der Waals surface area contributed by atoms with Crippen molar-refractivity contribution in [3.8, 4) is 0 Å². The zero-order valence-electron chi connectivity index (χ0n) is 16.7. The minimum absolute atomic E-state index is 0.295. The van der Waals surface area contributed by atoms with Crippen LogP contribution in [0.2, 0.25) is 0 Å². The molecule has 0 saturated carbocycles. The van der Waals surface area contributed by atoms with Crippen LogP contribution in [0.1, 0.15) is 0 Å². The fraction of sp³-hybridized carbons (Fsp3) is 0.474. The van der Waals surface area contributed by atoms with Crippen molar-refractivity contribution < 1.29 is 23.9 Å². The number of piperazine rings is 1. The predicted molar refractivity (Wildman–Crippen MR) is 105 cm³/mol. The summed E-state index contributed by atoms with van der Waals surface area (Å²) < 4.78 is 14.1. The van der Waals surface area contributed by atoms with Crippen LogP contribution < -0.4 is 4.90 Å². The first-order chi connectivity index (χ1) is 14.3. The molecule has 3 amide bonds. The Morgan fingerprint density at radius 2 is 1.77 bits per heavy atom. The molecule has 1 aromatic rings. The van der Waals surface area contributed by atoms with E-state index in [0.29, 0.717) is 37.8 Å². The molecule has 1 N–H and O–H groups in total. The number of hydrogen-bond donors (Lipinski definition) is 1. The number of aliphatic carboxylic acids is 1. The van der Waals surface area contributed by atoms with Gasteiger partial charge in [-0.25, -0.2) is 14.2 Å². The highest BCUT2D eigenvalue weighted by atomic mass is 19.1. The molecule has 0 aliphatic carbocycles. The van der Waals surface area contributed by atoms with Crippen molar-refractivity contribution in [2.75, 3.05) is 51.7 Å². The smallest absolute Gasteiger partial charge is 0.328 e. The first-order valence-corrected chi connectivity index (χ1v) is 9.64. The number of anilines is 1. The quantitative estimate of drug-likeness (QED) is 0.733. The molecule has 2 fully saturated rings. The Labute approximate surface area is 172 Å². The lowest BCUT2D eigenvalue weighted by atomic mass is 10.1. The predicted octanol–water partition coefficient (Wildman–Crippen LogP) is -0.0776. The number of carbonyl (C=O) groups excluding carboxylic acids is 2. The Hall–Kier alpha value is -3.37. The largest absolute Gasteiger partial charge is 0.480 e. The summed E-state index contributed by atoms with van der Waals surface area (Å²) in [6.07, 6.45) is -0.778. The molecular weight excluding hydrogens is 395 g/mol. The second-order valence-electron chi connectivity index (χ2n) is 7.53. The third-order valence-corrected chi connectivity index (χ3v) is 5.75. The van der Waals surface area contributed by atoms with Crippen molar-refractivity contribution in [1.29, 1.82) is 0 Å². The molecule has 10 nitrogen and oxygen atoms in total. The van der Waals surface area contributed by atoms with Gasteiger partial charge in [0.05, 0.1) is 5.69 Å². The summed E-state index contributed by atoms with van der Waals surface area (Å²) in [6, 6.07) is 5.19. The van der Waals surface area contributed by atoms with Gasteiger partial charge < -0.3 is 24.7 Å². The van der Waals surface area contributed by atoms with Crippen molar-refractivity contribution >= 4 is 29.6 Å². The molecule has 1 aromatic carbocycles. The molecule has 2 saturated heterocycles. The summed E-state index contributed by atoms with van der Waals surface area (Å²) in [5.41, 5.74) is 0.517. The standard InChI is InChI=1S/C19H23FN6O4/c1-22-16-15(17(29)23(2)19(22)30)26(11-14(27)28)18(21-16)25-9-7-24(8-10-25)13-6-4-3-5-12(13)20/h3-6,15-16H,7-11H2,1-2H3,(H,27,28). The van der Waals surface area contributed by atoms with Crippen LogP contribution >= 0.6 is 0 Å². The van der Waals surface area contributed by atoms with Crippen molar-refractivity contribution in [3.05, 3.63) is 30.1 Å². The van der Waals surface area contributed by atoms with E-state index in [9.17, 15) is 23.9 Å². The number of para-hydroxylation sites is 1. The van der Waals surface area contributed by atoms with E-state index in [0.717, 1.165) is 4.90 Å². The number of imide groups is 1. The van der Waals surface area contributed by atoms with E-state index in [1.54, 1.807) is 25.2 Å². The monoisotopic (exact) mass is 418 g/mol. The van der Waals surface area contributed by atoms with Crippen LogP contribution in [0, 0.1) is 5.82 Å². The van der Waals surface area contributed by atoms with Crippen molar-refractivity contribution in [2.45, 2.75) is 12.2 Å². The van der Waals surface area contributed by atoms with Gasteiger partial charge >= 0.3 is 12.0 Å². The Kier molecular flexibility index (Phi) is 4.96. The number of carbonyl (C=O) groups is 3. The van der Waals surface area contributed by atoms with Gasteiger partial charge in [-0.2, -0.15) is 0 Å². The van der Waals surface area contributed by atoms with Crippen molar-refractivity contribution in [1.82, 2.24) is 19.6 Å². The Morgan fingerprint density at radius 3 is 2.40 bits per heavy atom. The average molecular weight is 418 g/mol. The van der Waals surface area contributed by atoms with Crippen LogP contribution in [0.25, 0.3) is 0 Å². The Balaban J connectivity index is 1.57. The van der Waals surface area contributed by atoms with E-state index in [1.165, 1.54) is 22.9 Å². The fourth-order valence-electron chi connectivity index (χ4n) is 4.18. The number of likely N-dealkylation sites (N-methyl/N-ethyl adjacent to an activating group) is 2.